The Morgan fingerprint density at radius 3 is 2.79 bits per heavy atom. The summed E-state index contributed by atoms with van der Waals surface area (Å²) in [5.74, 6) is 0.0237. The molecule has 24 heavy (non-hydrogen) atoms. The number of carbonyl (C=O) groups is 1. The minimum atomic E-state index is 0.0237. The monoisotopic (exact) mass is 342 g/mol. The number of benzene rings is 2. The van der Waals surface area contributed by atoms with Gasteiger partial charge in [-0.05, 0) is 48.9 Å². The van der Waals surface area contributed by atoms with Crippen LogP contribution in [0.15, 0.2) is 48.5 Å². The van der Waals surface area contributed by atoms with E-state index in [4.69, 9.17) is 11.6 Å². The first-order chi connectivity index (χ1) is 11.6. The highest BCUT2D eigenvalue weighted by atomic mass is 35.5. The Morgan fingerprint density at radius 2 is 1.96 bits per heavy atom. The van der Waals surface area contributed by atoms with Gasteiger partial charge in [-0.25, -0.2) is 0 Å². The van der Waals surface area contributed by atoms with Crippen LogP contribution < -0.4 is 10.6 Å². The third kappa shape index (κ3) is 3.97. The van der Waals surface area contributed by atoms with E-state index in [2.05, 4.69) is 28.8 Å². The molecule has 3 nitrogen and oxygen atoms in total. The predicted octanol–water partition coefficient (Wildman–Crippen LogP) is 4.18. The topological polar surface area (TPSA) is 41.1 Å². The van der Waals surface area contributed by atoms with Crippen molar-refractivity contribution in [2.75, 3.05) is 6.54 Å². The van der Waals surface area contributed by atoms with Crippen LogP contribution >= 0.6 is 11.6 Å². The largest absolute Gasteiger partial charge is 0.348 e. The molecule has 0 spiro atoms. The second-order valence-electron chi connectivity index (χ2n) is 6.34. The lowest BCUT2D eigenvalue weighted by Crippen LogP contribution is -2.38. The third-order valence-electron chi connectivity index (χ3n) is 4.65. The van der Waals surface area contributed by atoms with E-state index in [1.807, 2.05) is 37.3 Å². The Kier molecular flexibility index (Phi) is 5.54. The molecule has 126 valence electrons. The van der Waals surface area contributed by atoms with Crippen LogP contribution in [0.1, 0.15) is 48.5 Å². The summed E-state index contributed by atoms with van der Waals surface area (Å²) in [6, 6.07) is 16.3. The van der Waals surface area contributed by atoms with E-state index >= 15 is 0 Å². The lowest BCUT2D eigenvalue weighted by molar-refractivity contribution is -0.121. The fourth-order valence-electron chi connectivity index (χ4n) is 3.33. The molecule has 0 radical (unpaired) electrons. The molecule has 0 fully saturated rings. The van der Waals surface area contributed by atoms with E-state index in [0.29, 0.717) is 0 Å². The molecular formula is C20H23ClN2O. The smallest absolute Gasteiger partial charge is 0.234 e. The predicted molar refractivity (Wildman–Crippen MR) is 98.1 cm³/mol. The van der Waals surface area contributed by atoms with Gasteiger partial charge in [0.2, 0.25) is 5.91 Å². The highest BCUT2D eigenvalue weighted by molar-refractivity contribution is 6.31. The number of fused-ring (bicyclic) bond motifs is 1. The molecular weight excluding hydrogens is 320 g/mol. The number of halogens is 1. The Balaban J connectivity index is 1.56. The molecule has 4 heteroatoms. The summed E-state index contributed by atoms with van der Waals surface area (Å²) in [6.45, 7) is 2.30. The number of hydrogen-bond acceptors (Lipinski definition) is 2. The molecule has 1 aliphatic rings. The standard InChI is InChI=1S/C20H23ClN2O/c1-14(16-9-4-5-11-18(16)21)22-13-20(24)23-19-12-6-8-15-7-2-3-10-17(15)19/h2-5,7,9-11,14,19,22H,6,8,12-13H2,1H3,(H,23,24)/t14-,19+/m1/s1. The highest BCUT2D eigenvalue weighted by Crippen LogP contribution is 2.29. The van der Waals surface area contributed by atoms with Gasteiger partial charge in [0, 0.05) is 11.1 Å². The number of aryl methyl sites for hydroxylation is 1. The Labute approximate surface area is 148 Å². The van der Waals surface area contributed by atoms with Gasteiger partial charge in [-0.3, -0.25) is 4.79 Å². The molecule has 0 saturated heterocycles. The summed E-state index contributed by atoms with van der Waals surface area (Å²) < 4.78 is 0. The summed E-state index contributed by atoms with van der Waals surface area (Å²) in [4.78, 5) is 12.3. The average Bonchev–Trinajstić information content (AvgIpc) is 2.60. The van der Waals surface area contributed by atoms with Crippen molar-refractivity contribution in [3.05, 3.63) is 70.2 Å². The lowest BCUT2D eigenvalue weighted by Gasteiger charge is -2.26. The first-order valence-electron chi connectivity index (χ1n) is 8.50. The van der Waals surface area contributed by atoms with Crippen molar-refractivity contribution < 1.29 is 4.79 Å². The summed E-state index contributed by atoms with van der Waals surface area (Å²) >= 11 is 6.21. The molecule has 0 heterocycles. The molecule has 2 atom stereocenters. The van der Waals surface area contributed by atoms with Gasteiger partial charge in [-0.2, -0.15) is 0 Å². The lowest BCUT2D eigenvalue weighted by atomic mass is 9.88. The molecule has 2 N–H and O–H groups in total. The van der Waals surface area contributed by atoms with Crippen molar-refractivity contribution in [2.45, 2.75) is 38.3 Å². The van der Waals surface area contributed by atoms with Gasteiger partial charge in [0.05, 0.1) is 12.6 Å². The van der Waals surface area contributed by atoms with Crippen LogP contribution in [0.2, 0.25) is 5.02 Å². The van der Waals surface area contributed by atoms with Crippen molar-refractivity contribution >= 4 is 17.5 Å². The van der Waals surface area contributed by atoms with Crippen LogP contribution in [0.25, 0.3) is 0 Å². The van der Waals surface area contributed by atoms with Crippen LogP contribution in [0.4, 0.5) is 0 Å². The normalized spacial score (nSPS) is 17.8. The zero-order valence-electron chi connectivity index (χ0n) is 13.9. The van der Waals surface area contributed by atoms with E-state index < -0.39 is 0 Å². The van der Waals surface area contributed by atoms with Gasteiger partial charge in [0.25, 0.3) is 0 Å². The zero-order chi connectivity index (χ0) is 16.9. The second-order valence-corrected chi connectivity index (χ2v) is 6.74. The van der Waals surface area contributed by atoms with Gasteiger partial charge >= 0.3 is 0 Å². The maximum absolute atomic E-state index is 12.3. The first-order valence-corrected chi connectivity index (χ1v) is 8.88. The second kappa shape index (κ2) is 7.82. The molecule has 0 unspecified atom stereocenters. The summed E-state index contributed by atoms with van der Waals surface area (Å²) in [5.41, 5.74) is 3.62. The Bertz CT molecular complexity index is 716. The summed E-state index contributed by atoms with van der Waals surface area (Å²) in [5, 5.41) is 7.14. The van der Waals surface area contributed by atoms with E-state index in [-0.39, 0.29) is 24.5 Å². The Morgan fingerprint density at radius 1 is 1.21 bits per heavy atom. The van der Waals surface area contributed by atoms with Gasteiger partial charge in [-0.1, -0.05) is 54.1 Å². The fourth-order valence-corrected chi connectivity index (χ4v) is 3.63. The fraction of sp³-hybridized carbons (Fsp3) is 0.350. The van der Waals surface area contributed by atoms with Crippen LogP contribution in [0.3, 0.4) is 0 Å². The molecule has 2 aromatic rings. The van der Waals surface area contributed by atoms with E-state index in [1.165, 1.54) is 11.1 Å². The van der Waals surface area contributed by atoms with Crippen LogP contribution in [0, 0.1) is 0 Å². The summed E-state index contributed by atoms with van der Waals surface area (Å²) in [6.07, 6.45) is 3.22. The molecule has 2 aromatic carbocycles. The van der Waals surface area contributed by atoms with Crippen molar-refractivity contribution in [3.8, 4) is 0 Å². The summed E-state index contributed by atoms with van der Waals surface area (Å²) in [7, 11) is 0. The van der Waals surface area contributed by atoms with E-state index in [1.54, 1.807) is 0 Å². The van der Waals surface area contributed by atoms with Crippen LogP contribution in [-0.2, 0) is 11.2 Å². The molecule has 0 bridgehead atoms. The van der Waals surface area contributed by atoms with Gasteiger partial charge < -0.3 is 10.6 Å². The van der Waals surface area contributed by atoms with Crippen molar-refractivity contribution in [3.63, 3.8) is 0 Å². The highest BCUT2D eigenvalue weighted by Gasteiger charge is 2.21. The van der Waals surface area contributed by atoms with Crippen molar-refractivity contribution in [2.24, 2.45) is 0 Å². The molecule has 1 aliphatic carbocycles. The zero-order valence-corrected chi connectivity index (χ0v) is 14.6. The third-order valence-corrected chi connectivity index (χ3v) is 4.99. The molecule has 0 saturated carbocycles. The van der Waals surface area contributed by atoms with Crippen LogP contribution in [-0.4, -0.2) is 12.5 Å². The number of amides is 1. The number of nitrogens with one attached hydrogen (secondary N) is 2. The minimum absolute atomic E-state index is 0.0237. The molecule has 3 rings (SSSR count). The average molecular weight is 343 g/mol. The van der Waals surface area contributed by atoms with E-state index in [0.717, 1.165) is 29.8 Å². The first kappa shape index (κ1) is 17.0. The molecule has 0 aliphatic heterocycles. The number of rotatable bonds is 5. The number of carbonyl (C=O) groups excluding carboxylic acids is 1. The maximum Gasteiger partial charge on any atom is 0.234 e. The van der Waals surface area contributed by atoms with E-state index in [9.17, 15) is 4.79 Å². The van der Waals surface area contributed by atoms with Gasteiger partial charge in [0.15, 0.2) is 0 Å². The number of hydrogen-bond donors (Lipinski definition) is 2. The van der Waals surface area contributed by atoms with Crippen molar-refractivity contribution in [1.29, 1.82) is 0 Å². The van der Waals surface area contributed by atoms with Gasteiger partial charge in [0.1, 0.15) is 0 Å². The Hall–Kier alpha value is -1.84. The molecule has 0 aromatic heterocycles. The molecule has 1 amide bonds. The SMILES string of the molecule is C[C@@H](NCC(=O)N[C@H]1CCCc2ccccc21)c1ccccc1Cl. The maximum atomic E-state index is 12.3. The van der Waals surface area contributed by atoms with Gasteiger partial charge in [-0.15, -0.1) is 0 Å². The quantitative estimate of drug-likeness (QED) is 0.855. The van der Waals surface area contributed by atoms with Crippen LogP contribution in [0.5, 0.6) is 0 Å². The minimum Gasteiger partial charge on any atom is -0.348 e. The van der Waals surface area contributed by atoms with Crippen molar-refractivity contribution in [1.82, 2.24) is 10.6 Å².